The van der Waals surface area contributed by atoms with Crippen LogP contribution in [0.5, 0.6) is 0 Å². The fraction of sp³-hybridized carbons (Fsp3) is 0.706. The highest BCUT2D eigenvalue weighted by atomic mass is 32.1. The van der Waals surface area contributed by atoms with Crippen molar-refractivity contribution in [3.8, 4) is 0 Å². The monoisotopic (exact) mass is 347 g/mol. The summed E-state index contributed by atoms with van der Waals surface area (Å²) in [5, 5.41) is 11.9. The molecule has 2 aliphatic rings. The molecule has 4 rings (SSSR count). The minimum absolute atomic E-state index is 0.230. The standard InChI is InChI=1S/C17H25N5OS/c1-11-17(24-21-18-11)12(2)22-7-5-13(6-8-22)14-10-15(20-19-14)16-4-3-9-23-16/h10,12-13,16H,3-9H2,1-2H3,(H,19,20). The van der Waals surface area contributed by atoms with Crippen molar-refractivity contribution in [2.75, 3.05) is 19.7 Å². The number of likely N-dealkylation sites (tertiary alicyclic amines) is 1. The Labute approximate surface area is 146 Å². The van der Waals surface area contributed by atoms with Crippen LogP contribution in [0.4, 0.5) is 0 Å². The molecule has 4 heterocycles. The van der Waals surface area contributed by atoms with Crippen molar-refractivity contribution >= 4 is 11.5 Å². The highest BCUT2D eigenvalue weighted by Crippen LogP contribution is 2.35. The number of aromatic amines is 1. The first-order valence-corrected chi connectivity index (χ1v) is 9.69. The summed E-state index contributed by atoms with van der Waals surface area (Å²) in [6.45, 7) is 7.41. The lowest BCUT2D eigenvalue weighted by Crippen LogP contribution is -2.35. The van der Waals surface area contributed by atoms with E-state index in [0.717, 1.165) is 56.8 Å². The number of nitrogens with zero attached hydrogens (tertiary/aromatic N) is 4. The van der Waals surface area contributed by atoms with Gasteiger partial charge in [0.2, 0.25) is 0 Å². The lowest BCUT2D eigenvalue weighted by atomic mass is 9.92. The van der Waals surface area contributed by atoms with E-state index in [9.17, 15) is 0 Å². The molecule has 0 spiro atoms. The molecule has 0 radical (unpaired) electrons. The second-order valence-electron chi connectivity index (χ2n) is 6.96. The average molecular weight is 347 g/mol. The van der Waals surface area contributed by atoms with Gasteiger partial charge in [-0.15, -0.1) is 5.10 Å². The first-order chi connectivity index (χ1) is 11.7. The molecule has 0 saturated carbocycles. The Balaban J connectivity index is 1.37. The molecule has 2 aliphatic heterocycles. The zero-order valence-corrected chi connectivity index (χ0v) is 15.2. The number of aryl methyl sites for hydroxylation is 1. The van der Waals surface area contributed by atoms with Crippen LogP contribution in [0.2, 0.25) is 0 Å². The lowest BCUT2D eigenvalue weighted by Gasteiger charge is -2.35. The number of aromatic nitrogens is 4. The largest absolute Gasteiger partial charge is 0.372 e. The molecule has 0 amide bonds. The number of hydrogen-bond donors (Lipinski definition) is 1. The van der Waals surface area contributed by atoms with Crippen LogP contribution in [0.1, 0.15) is 72.6 Å². The van der Waals surface area contributed by atoms with Crippen molar-refractivity contribution in [2.45, 2.75) is 57.6 Å². The summed E-state index contributed by atoms with van der Waals surface area (Å²) < 4.78 is 9.83. The number of nitrogens with one attached hydrogen (secondary N) is 1. The molecule has 7 heteroatoms. The molecule has 2 saturated heterocycles. The summed E-state index contributed by atoms with van der Waals surface area (Å²) in [7, 11) is 0. The minimum Gasteiger partial charge on any atom is -0.372 e. The topological polar surface area (TPSA) is 66.9 Å². The normalized spacial score (nSPS) is 24.5. The van der Waals surface area contributed by atoms with E-state index in [1.165, 1.54) is 22.1 Å². The zero-order chi connectivity index (χ0) is 16.5. The maximum atomic E-state index is 5.75. The Kier molecular flexibility index (Phi) is 4.65. The molecule has 2 atom stereocenters. The maximum Gasteiger partial charge on any atom is 0.0989 e. The SMILES string of the molecule is Cc1nnsc1C(C)N1CCC(c2cc(C3CCCO3)[nH]n2)CC1. The summed E-state index contributed by atoms with van der Waals surface area (Å²) in [4.78, 5) is 3.85. The van der Waals surface area contributed by atoms with Gasteiger partial charge < -0.3 is 4.74 Å². The van der Waals surface area contributed by atoms with Gasteiger partial charge in [-0.05, 0) is 70.2 Å². The molecule has 0 aliphatic carbocycles. The van der Waals surface area contributed by atoms with E-state index in [1.807, 2.05) is 0 Å². The number of ether oxygens (including phenoxy) is 1. The summed E-state index contributed by atoms with van der Waals surface area (Å²) in [5.74, 6) is 0.556. The molecule has 2 unspecified atom stereocenters. The van der Waals surface area contributed by atoms with E-state index >= 15 is 0 Å². The fourth-order valence-corrected chi connectivity index (χ4v) is 4.64. The fourth-order valence-electron chi connectivity index (χ4n) is 3.92. The molecule has 6 nitrogen and oxygen atoms in total. The molecule has 130 valence electrons. The van der Waals surface area contributed by atoms with Crippen molar-refractivity contribution in [3.63, 3.8) is 0 Å². The average Bonchev–Trinajstić information content (AvgIpc) is 3.35. The van der Waals surface area contributed by atoms with Gasteiger partial charge in [0.1, 0.15) is 0 Å². The van der Waals surface area contributed by atoms with Crippen LogP contribution in [-0.4, -0.2) is 44.4 Å². The predicted molar refractivity (Wildman–Crippen MR) is 93.1 cm³/mol. The second kappa shape index (κ2) is 6.90. The third-order valence-corrected chi connectivity index (χ3v) is 6.45. The quantitative estimate of drug-likeness (QED) is 0.918. The van der Waals surface area contributed by atoms with E-state index in [0.29, 0.717) is 12.0 Å². The smallest absolute Gasteiger partial charge is 0.0989 e. The van der Waals surface area contributed by atoms with E-state index in [4.69, 9.17) is 4.74 Å². The highest BCUT2D eigenvalue weighted by molar-refractivity contribution is 7.05. The Bertz CT molecular complexity index is 670. The van der Waals surface area contributed by atoms with Crippen molar-refractivity contribution in [1.82, 2.24) is 24.7 Å². The summed E-state index contributed by atoms with van der Waals surface area (Å²) in [6, 6.07) is 2.64. The van der Waals surface area contributed by atoms with Crippen molar-refractivity contribution in [3.05, 3.63) is 28.0 Å². The molecule has 2 aromatic rings. The van der Waals surface area contributed by atoms with Crippen LogP contribution in [0.3, 0.4) is 0 Å². The maximum absolute atomic E-state index is 5.75. The first-order valence-electron chi connectivity index (χ1n) is 8.92. The van der Waals surface area contributed by atoms with Gasteiger partial charge in [0.05, 0.1) is 28.1 Å². The van der Waals surface area contributed by atoms with Gasteiger partial charge in [0.15, 0.2) is 0 Å². The zero-order valence-electron chi connectivity index (χ0n) is 14.4. The molecular formula is C17H25N5OS. The Morgan fingerprint density at radius 1 is 1.33 bits per heavy atom. The van der Waals surface area contributed by atoms with E-state index in [2.05, 4.69) is 44.6 Å². The van der Waals surface area contributed by atoms with E-state index in [-0.39, 0.29) is 6.10 Å². The second-order valence-corrected chi connectivity index (χ2v) is 7.74. The van der Waals surface area contributed by atoms with Crippen LogP contribution in [0.25, 0.3) is 0 Å². The van der Waals surface area contributed by atoms with Gasteiger partial charge in [0, 0.05) is 18.6 Å². The molecule has 1 N–H and O–H groups in total. The number of rotatable bonds is 4. The van der Waals surface area contributed by atoms with Crippen LogP contribution in [0.15, 0.2) is 6.07 Å². The molecule has 2 aromatic heterocycles. The molecule has 2 fully saturated rings. The molecule has 24 heavy (non-hydrogen) atoms. The van der Waals surface area contributed by atoms with Gasteiger partial charge in [-0.1, -0.05) is 4.49 Å². The van der Waals surface area contributed by atoms with Crippen LogP contribution < -0.4 is 0 Å². The first kappa shape index (κ1) is 16.2. The van der Waals surface area contributed by atoms with Gasteiger partial charge in [-0.25, -0.2) is 0 Å². The number of piperidine rings is 1. The Morgan fingerprint density at radius 2 is 2.17 bits per heavy atom. The third-order valence-electron chi connectivity index (χ3n) is 5.46. The molecular weight excluding hydrogens is 322 g/mol. The molecule has 0 bridgehead atoms. The highest BCUT2D eigenvalue weighted by Gasteiger charge is 2.28. The number of H-pyrrole nitrogens is 1. The predicted octanol–water partition coefficient (Wildman–Crippen LogP) is 3.36. The van der Waals surface area contributed by atoms with Gasteiger partial charge >= 0.3 is 0 Å². The Morgan fingerprint density at radius 3 is 2.83 bits per heavy atom. The summed E-state index contributed by atoms with van der Waals surface area (Å²) >= 11 is 1.53. The minimum atomic E-state index is 0.230. The van der Waals surface area contributed by atoms with Gasteiger partial charge in [0.25, 0.3) is 0 Å². The van der Waals surface area contributed by atoms with E-state index < -0.39 is 0 Å². The van der Waals surface area contributed by atoms with Gasteiger partial charge in [-0.3, -0.25) is 10.00 Å². The van der Waals surface area contributed by atoms with Crippen LogP contribution >= 0.6 is 11.5 Å². The van der Waals surface area contributed by atoms with E-state index in [1.54, 1.807) is 0 Å². The Hall–Kier alpha value is -1.31. The van der Waals surface area contributed by atoms with Crippen molar-refractivity contribution in [2.24, 2.45) is 0 Å². The van der Waals surface area contributed by atoms with Crippen molar-refractivity contribution < 1.29 is 4.74 Å². The van der Waals surface area contributed by atoms with Gasteiger partial charge in [-0.2, -0.15) is 5.10 Å². The lowest BCUT2D eigenvalue weighted by molar-refractivity contribution is 0.108. The summed E-state index contributed by atoms with van der Waals surface area (Å²) in [5.41, 5.74) is 3.44. The molecule has 0 aromatic carbocycles. The third kappa shape index (κ3) is 3.12. The summed E-state index contributed by atoms with van der Waals surface area (Å²) in [6.07, 6.45) is 4.81. The van der Waals surface area contributed by atoms with Crippen LogP contribution in [0, 0.1) is 6.92 Å². The van der Waals surface area contributed by atoms with Crippen LogP contribution in [-0.2, 0) is 4.74 Å². The van der Waals surface area contributed by atoms with Crippen molar-refractivity contribution in [1.29, 1.82) is 0 Å². The number of hydrogen-bond acceptors (Lipinski definition) is 6.